The van der Waals surface area contributed by atoms with Crippen LogP contribution in [0.15, 0.2) is 60.9 Å². The quantitative estimate of drug-likeness (QED) is 0.527. The lowest BCUT2D eigenvalue weighted by Gasteiger charge is -2.35. The van der Waals surface area contributed by atoms with Gasteiger partial charge in [0.15, 0.2) is 0 Å². The molecule has 1 fully saturated rings. The van der Waals surface area contributed by atoms with Crippen LogP contribution in [0.25, 0.3) is 11.1 Å². The summed E-state index contributed by atoms with van der Waals surface area (Å²) in [6.45, 7) is 4.51. The van der Waals surface area contributed by atoms with E-state index in [1.165, 1.54) is 12.3 Å². The standard InChI is InChI=1S/C26H26F2N4O2/c1-18(33)31-10-12-32(13-11-31)23-7-6-22(30-17-23)16-24(34)14-19-2-4-20(5-3-19)21-8-9-29-25(15-21)26(27)28/h2-9,15,17,26H,10-14,16H2,1H3. The third-order valence-corrected chi connectivity index (χ3v) is 5.97. The van der Waals surface area contributed by atoms with Crippen molar-refractivity contribution < 1.29 is 18.4 Å². The lowest BCUT2D eigenvalue weighted by atomic mass is 10.0. The van der Waals surface area contributed by atoms with Gasteiger partial charge in [-0.15, -0.1) is 0 Å². The molecule has 2 aromatic heterocycles. The molecular formula is C26H26F2N4O2. The largest absolute Gasteiger partial charge is 0.367 e. The van der Waals surface area contributed by atoms with Crippen LogP contribution in [0.4, 0.5) is 14.5 Å². The normalized spacial score (nSPS) is 13.9. The highest BCUT2D eigenvalue weighted by atomic mass is 19.3. The Morgan fingerprint density at radius 3 is 2.26 bits per heavy atom. The highest BCUT2D eigenvalue weighted by Crippen LogP contribution is 2.24. The van der Waals surface area contributed by atoms with Gasteiger partial charge in [-0.1, -0.05) is 24.3 Å². The van der Waals surface area contributed by atoms with E-state index in [-0.39, 0.29) is 30.2 Å². The lowest BCUT2D eigenvalue weighted by Crippen LogP contribution is -2.48. The van der Waals surface area contributed by atoms with Gasteiger partial charge in [-0.05, 0) is 41.0 Å². The Bertz CT molecular complexity index is 1140. The topological polar surface area (TPSA) is 66.4 Å². The molecule has 1 aromatic carbocycles. The Labute approximate surface area is 197 Å². The van der Waals surface area contributed by atoms with E-state index in [4.69, 9.17) is 0 Å². The Morgan fingerprint density at radius 2 is 1.65 bits per heavy atom. The second-order valence-corrected chi connectivity index (χ2v) is 8.36. The summed E-state index contributed by atoms with van der Waals surface area (Å²) in [6, 6.07) is 14.2. The molecule has 0 aliphatic carbocycles. The first-order valence-corrected chi connectivity index (χ1v) is 11.2. The zero-order chi connectivity index (χ0) is 24.1. The van der Waals surface area contributed by atoms with Crippen LogP contribution in [0.2, 0.25) is 0 Å². The van der Waals surface area contributed by atoms with Crippen LogP contribution in [0.1, 0.15) is 30.3 Å². The molecule has 8 heteroatoms. The lowest BCUT2D eigenvalue weighted by molar-refractivity contribution is -0.129. The summed E-state index contributed by atoms with van der Waals surface area (Å²) in [5.41, 5.74) is 3.76. The smallest absolute Gasteiger partial charge is 0.280 e. The number of alkyl halides is 2. The predicted octanol–water partition coefficient (Wildman–Crippen LogP) is 4.10. The number of hydrogen-bond acceptors (Lipinski definition) is 5. The SMILES string of the molecule is CC(=O)N1CCN(c2ccc(CC(=O)Cc3ccc(-c4ccnc(C(F)F)c4)cc3)nc2)CC1. The number of rotatable bonds is 7. The molecule has 0 N–H and O–H groups in total. The summed E-state index contributed by atoms with van der Waals surface area (Å²) in [6.07, 6.45) is 1.05. The molecule has 4 rings (SSSR count). The van der Waals surface area contributed by atoms with E-state index in [1.54, 1.807) is 19.2 Å². The van der Waals surface area contributed by atoms with Gasteiger partial charge in [0, 0.05) is 57.8 Å². The second kappa shape index (κ2) is 10.5. The van der Waals surface area contributed by atoms with Crippen molar-refractivity contribution in [1.82, 2.24) is 14.9 Å². The Hall–Kier alpha value is -3.68. The number of piperazine rings is 1. The molecule has 0 bridgehead atoms. The summed E-state index contributed by atoms with van der Waals surface area (Å²) < 4.78 is 25.8. The molecule has 1 aliphatic heterocycles. The van der Waals surface area contributed by atoms with Crippen LogP contribution in [-0.4, -0.2) is 52.7 Å². The van der Waals surface area contributed by atoms with Crippen LogP contribution in [0.5, 0.6) is 0 Å². The van der Waals surface area contributed by atoms with Crippen molar-refractivity contribution in [2.24, 2.45) is 0 Å². The molecule has 0 spiro atoms. The summed E-state index contributed by atoms with van der Waals surface area (Å²) in [5.74, 6) is 0.145. The fourth-order valence-electron chi connectivity index (χ4n) is 4.04. The van der Waals surface area contributed by atoms with Crippen LogP contribution in [0, 0.1) is 0 Å². The third kappa shape index (κ3) is 5.81. The number of pyridine rings is 2. The van der Waals surface area contributed by atoms with Crippen molar-refractivity contribution in [1.29, 1.82) is 0 Å². The molecule has 1 aliphatic rings. The van der Waals surface area contributed by atoms with Crippen molar-refractivity contribution >= 4 is 17.4 Å². The van der Waals surface area contributed by atoms with E-state index in [0.29, 0.717) is 24.3 Å². The van der Waals surface area contributed by atoms with Crippen LogP contribution >= 0.6 is 0 Å². The number of anilines is 1. The van der Waals surface area contributed by atoms with Gasteiger partial charge >= 0.3 is 0 Å². The van der Waals surface area contributed by atoms with Gasteiger partial charge in [0.05, 0.1) is 11.9 Å². The molecular weight excluding hydrogens is 438 g/mol. The Morgan fingerprint density at radius 1 is 0.912 bits per heavy atom. The molecule has 176 valence electrons. The fraction of sp³-hybridized carbons (Fsp3) is 0.308. The van der Waals surface area contributed by atoms with E-state index in [2.05, 4.69) is 14.9 Å². The van der Waals surface area contributed by atoms with Gasteiger partial charge in [-0.2, -0.15) is 0 Å². The van der Waals surface area contributed by atoms with Crippen molar-refractivity contribution in [3.63, 3.8) is 0 Å². The molecule has 1 saturated heterocycles. The molecule has 0 atom stereocenters. The zero-order valence-electron chi connectivity index (χ0n) is 19.0. The fourth-order valence-corrected chi connectivity index (χ4v) is 4.04. The number of Topliss-reactive ketones (excluding diaryl/α,β-unsaturated/α-hetero) is 1. The number of halogens is 2. The van der Waals surface area contributed by atoms with Gasteiger partial charge in [0.25, 0.3) is 6.43 Å². The maximum Gasteiger partial charge on any atom is 0.280 e. The van der Waals surface area contributed by atoms with E-state index >= 15 is 0 Å². The molecule has 34 heavy (non-hydrogen) atoms. The number of ketones is 1. The van der Waals surface area contributed by atoms with Crippen LogP contribution in [0.3, 0.4) is 0 Å². The zero-order valence-corrected chi connectivity index (χ0v) is 19.0. The monoisotopic (exact) mass is 464 g/mol. The second-order valence-electron chi connectivity index (χ2n) is 8.36. The average molecular weight is 465 g/mol. The Kier molecular flexibility index (Phi) is 7.25. The third-order valence-electron chi connectivity index (χ3n) is 5.97. The van der Waals surface area contributed by atoms with E-state index in [1.807, 2.05) is 41.3 Å². The highest BCUT2D eigenvalue weighted by Gasteiger charge is 2.19. The number of carbonyl (C=O) groups excluding carboxylic acids is 2. The molecule has 3 aromatic rings. The van der Waals surface area contributed by atoms with Crippen LogP contribution < -0.4 is 4.90 Å². The van der Waals surface area contributed by atoms with Gasteiger partial charge in [-0.25, -0.2) is 8.78 Å². The first kappa shape index (κ1) is 23.5. The molecule has 0 unspecified atom stereocenters. The molecule has 6 nitrogen and oxygen atoms in total. The minimum Gasteiger partial charge on any atom is -0.367 e. The minimum atomic E-state index is -2.61. The maximum atomic E-state index is 12.9. The first-order valence-electron chi connectivity index (χ1n) is 11.2. The highest BCUT2D eigenvalue weighted by molar-refractivity contribution is 5.83. The Balaban J connectivity index is 1.31. The maximum absolute atomic E-state index is 12.9. The summed E-state index contributed by atoms with van der Waals surface area (Å²) >= 11 is 0. The van der Waals surface area contributed by atoms with E-state index in [9.17, 15) is 18.4 Å². The molecule has 0 saturated carbocycles. The van der Waals surface area contributed by atoms with Gasteiger partial charge in [0.2, 0.25) is 5.91 Å². The van der Waals surface area contributed by atoms with Crippen molar-refractivity contribution in [2.45, 2.75) is 26.2 Å². The number of amides is 1. The number of benzene rings is 1. The molecule has 0 radical (unpaired) electrons. The number of carbonyl (C=O) groups is 2. The molecule has 3 heterocycles. The van der Waals surface area contributed by atoms with E-state index in [0.717, 1.165) is 29.9 Å². The first-order chi connectivity index (χ1) is 16.4. The summed E-state index contributed by atoms with van der Waals surface area (Å²) in [5, 5.41) is 0. The minimum absolute atomic E-state index is 0.0481. The van der Waals surface area contributed by atoms with Gasteiger partial charge in [0.1, 0.15) is 11.5 Å². The number of nitrogens with zero attached hydrogens (tertiary/aromatic N) is 4. The van der Waals surface area contributed by atoms with Crippen molar-refractivity contribution in [2.75, 3.05) is 31.1 Å². The summed E-state index contributed by atoms with van der Waals surface area (Å²) in [7, 11) is 0. The average Bonchev–Trinajstić information content (AvgIpc) is 2.85. The van der Waals surface area contributed by atoms with Gasteiger partial charge < -0.3 is 9.80 Å². The summed E-state index contributed by atoms with van der Waals surface area (Å²) in [4.78, 5) is 36.2. The van der Waals surface area contributed by atoms with E-state index < -0.39 is 6.43 Å². The predicted molar refractivity (Wildman–Crippen MR) is 126 cm³/mol. The van der Waals surface area contributed by atoms with Crippen molar-refractivity contribution in [3.8, 4) is 11.1 Å². The van der Waals surface area contributed by atoms with Gasteiger partial charge in [-0.3, -0.25) is 19.6 Å². The number of hydrogen-bond donors (Lipinski definition) is 0. The van der Waals surface area contributed by atoms with Crippen molar-refractivity contribution in [3.05, 3.63) is 77.9 Å². The molecule has 1 amide bonds. The van der Waals surface area contributed by atoms with Crippen LogP contribution in [-0.2, 0) is 22.4 Å². The number of aromatic nitrogens is 2.